The zero-order valence-electron chi connectivity index (χ0n) is 11.9. The van der Waals surface area contributed by atoms with Crippen LogP contribution in [0.4, 0.5) is 0 Å². The summed E-state index contributed by atoms with van der Waals surface area (Å²) in [5.41, 5.74) is 0. The Labute approximate surface area is 111 Å². The van der Waals surface area contributed by atoms with Gasteiger partial charge in [0.15, 0.2) is 0 Å². The van der Waals surface area contributed by atoms with Crippen LogP contribution in [-0.4, -0.2) is 56.2 Å². The van der Waals surface area contributed by atoms with Crippen molar-refractivity contribution in [3.05, 3.63) is 30.3 Å². The Morgan fingerprint density at radius 2 is 1.61 bits per heavy atom. The van der Waals surface area contributed by atoms with Gasteiger partial charge in [-0.3, -0.25) is 4.90 Å². The van der Waals surface area contributed by atoms with Crippen LogP contribution in [0.1, 0.15) is 13.8 Å². The van der Waals surface area contributed by atoms with E-state index in [0.29, 0.717) is 0 Å². The van der Waals surface area contributed by atoms with Crippen molar-refractivity contribution in [3.63, 3.8) is 0 Å². The van der Waals surface area contributed by atoms with Gasteiger partial charge in [0.25, 0.3) is 0 Å². The Balaban J connectivity index is 0.000000771. The van der Waals surface area contributed by atoms with Crippen LogP contribution >= 0.6 is 0 Å². The first-order valence-electron chi connectivity index (χ1n) is 6.93. The van der Waals surface area contributed by atoms with E-state index in [1.165, 1.54) is 13.1 Å². The summed E-state index contributed by atoms with van der Waals surface area (Å²) in [7, 11) is 2.18. The molecule has 2 rings (SSSR count). The maximum Gasteiger partial charge on any atom is 0.119 e. The predicted molar refractivity (Wildman–Crippen MR) is 77.2 cm³/mol. The number of benzene rings is 1. The minimum atomic E-state index is 0.785. The van der Waals surface area contributed by atoms with Crippen LogP contribution < -0.4 is 4.74 Å². The van der Waals surface area contributed by atoms with E-state index in [4.69, 9.17) is 4.74 Å². The third kappa shape index (κ3) is 5.52. The third-order valence-corrected chi connectivity index (χ3v) is 3.02. The van der Waals surface area contributed by atoms with Gasteiger partial charge in [-0.1, -0.05) is 32.0 Å². The molecule has 0 aromatic heterocycles. The number of para-hydroxylation sites is 1. The van der Waals surface area contributed by atoms with Crippen LogP contribution in [0.25, 0.3) is 0 Å². The highest BCUT2D eigenvalue weighted by Gasteiger charge is 2.12. The molecule has 0 bridgehead atoms. The average Bonchev–Trinajstić information content (AvgIpc) is 2.44. The molecule has 0 atom stereocenters. The molecule has 0 spiro atoms. The van der Waals surface area contributed by atoms with Crippen LogP contribution in [0.15, 0.2) is 30.3 Å². The lowest BCUT2D eigenvalue weighted by Gasteiger charge is -2.32. The quantitative estimate of drug-likeness (QED) is 0.816. The molecule has 1 aliphatic rings. The standard InChI is InChI=1S/C13H20N2O.C2H6/c1-14-7-9-15(10-8-14)11-12-16-13-5-3-2-4-6-13;1-2/h2-6H,7-12H2,1H3;1-2H3. The largest absolute Gasteiger partial charge is 0.492 e. The van der Waals surface area contributed by atoms with Gasteiger partial charge in [-0.15, -0.1) is 0 Å². The molecule has 102 valence electrons. The normalized spacial score (nSPS) is 16.8. The molecule has 3 nitrogen and oxygen atoms in total. The Bertz CT molecular complexity index is 295. The summed E-state index contributed by atoms with van der Waals surface area (Å²) in [5, 5.41) is 0. The van der Waals surface area contributed by atoms with E-state index in [9.17, 15) is 0 Å². The topological polar surface area (TPSA) is 15.7 Å². The number of ether oxygens (including phenoxy) is 1. The van der Waals surface area contributed by atoms with E-state index >= 15 is 0 Å². The Morgan fingerprint density at radius 1 is 1.00 bits per heavy atom. The van der Waals surface area contributed by atoms with Crippen LogP contribution in [-0.2, 0) is 0 Å². The lowest BCUT2D eigenvalue weighted by atomic mass is 10.3. The summed E-state index contributed by atoms with van der Waals surface area (Å²) < 4.78 is 5.68. The summed E-state index contributed by atoms with van der Waals surface area (Å²) in [5.74, 6) is 0.969. The fourth-order valence-electron chi connectivity index (χ4n) is 1.88. The molecule has 1 saturated heterocycles. The zero-order valence-corrected chi connectivity index (χ0v) is 11.9. The monoisotopic (exact) mass is 250 g/mol. The number of rotatable bonds is 4. The lowest BCUT2D eigenvalue weighted by Crippen LogP contribution is -2.45. The number of hydrogen-bond acceptors (Lipinski definition) is 3. The third-order valence-electron chi connectivity index (χ3n) is 3.02. The maximum absolute atomic E-state index is 5.68. The molecule has 1 aliphatic heterocycles. The SMILES string of the molecule is CC.CN1CCN(CCOc2ccccc2)CC1. The second-order valence-electron chi connectivity index (χ2n) is 4.31. The van der Waals surface area contributed by atoms with Gasteiger partial charge in [0.05, 0.1) is 0 Å². The first-order chi connectivity index (χ1) is 8.84. The van der Waals surface area contributed by atoms with Gasteiger partial charge in [-0.25, -0.2) is 0 Å². The molecular weight excluding hydrogens is 224 g/mol. The van der Waals surface area contributed by atoms with Crippen molar-refractivity contribution < 1.29 is 4.74 Å². The molecule has 0 unspecified atom stereocenters. The van der Waals surface area contributed by atoms with Crippen molar-refractivity contribution in [2.75, 3.05) is 46.4 Å². The highest BCUT2D eigenvalue weighted by Crippen LogP contribution is 2.08. The summed E-state index contributed by atoms with van der Waals surface area (Å²) in [6.45, 7) is 10.5. The van der Waals surface area contributed by atoms with Crippen LogP contribution in [0.5, 0.6) is 5.75 Å². The fraction of sp³-hybridized carbons (Fsp3) is 0.600. The second-order valence-corrected chi connectivity index (χ2v) is 4.31. The summed E-state index contributed by atoms with van der Waals surface area (Å²) in [6, 6.07) is 10.0. The molecule has 0 N–H and O–H groups in total. The first-order valence-corrected chi connectivity index (χ1v) is 6.93. The molecule has 1 fully saturated rings. The highest BCUT2D eigenvalue weighted by atomic mass is 16.5. The second kappa shape index (κ2) is 8.95. The molecule has 1 heterocycles. The van der Waals surface area contributed by atoms with Crippen LogP contribution in [0.2, 0.25) is 0 Å². The molecule has 0 amide bonds. The molecule has 1 aromatic rings. The smallest absolute Gasteiger partial charge is 0.119 e. The minimum absolute atomic E-state index is 0.785. The molecule has 0 aliphatic carbocycles. The van der Waals surface area contributed by atoms with Crippen molar-refractivity contribution in [3.8, 4) is 5.75 Å². The van der Waals surface area contributed by atoms with Gasteiger partial charge in [-0.05, 0) is 19.2 Å². The van der Waals surface area contributed by atoms with Crippen LogP contribution in [0, 0.1) is 0 Å². The van der Waals surface area contributed by atoms with Gasteiger partial charge >= 0.3 is 0 Å². The number of likely N-dealkylation sites (N-methyl/N-ethyl adjacent to an activating group) is 1. The van der Waals surface area contributed by atoms with Crippen molar-refractivity contribution in [1.29, 1.82) is 0 Å². The predicted octanol–water partition coefficient (Wildman–Crippen LogP) is 2.34. The molecule has 0 saturated carbocycles. The minimum Gasteiger partial charge on any atom is -0.492 e. The van der Waals surface area contributed by atoms with E-state index in [1.807, 2.05) is 44.2 Å². The molecular formula is C15H26N2O. The Morgan fingerprint density at radius 3 is 2.22 bits per heavy atom. The number of nitrogens with zero attached hydrogens (tertiary/aromatic N) is 2. The van der Waals surface area contributed by atoms with E-state index < -0.39 is 0 Å². The average molecular weight is 250 g/mol. The first kappa shape index (κ1) is 15.0. The number of hydrogen-bond donors (Lipinski definition) is 0. The lowest BCUT2D eigenvalue weighted by molar-refractivity contribution is 0.134. The number of piperazine rings is 1. The Kier molecular flexibility index (Phi) is 7.46. The molecule has 1 aromatic carbocycles. The van der Waals surface area contributed by atoms with E-state index in [-0.39, 0.29) is 0 Å². The molecule has 3 heteroatoms. The van der Waals surface area contributed by atoms with Gasteiger partial charge in [0.1, 0.15) is 12.4 Å². The van der Waals surface area contributed by atoms with E-state index in [0.717, 1.165) is 32.0 Å². The van der Waals surface area contributed by atoms with Gasteiger partial charge < -0.3 is 9.64 Å². The van der Waals surface area contributed by atoms with Gasteiger partial charge in [0, 0.05) is 32.7 Å². The van der Waals surface area contributed by atoms with Crippen molar-refractivity contribution in [2.24, 2.45) is 0 Å². The van der Waals surface area contributed by atoms with Crippen molar-refractivity contribution >= 4 is 0 Å². The van der Waals surface area contributed by atoms with Gasteiger partial charge in [-0.2, -0.15) is 0 Å². The Hall–Kier alpha value is -1.06. The summed E-state index contributed by atoms with van der Waals surface area (Å²) >= 11 is 0. The van der Waals surface area contributed by atoms with E-state index in [2.05, 4.69) is 16.8 Å². The maximum atomic E-state index is 5.68. The fourth-order valence-corrected chi connectivity index (χ4v) is 1.88. The van der Waals surface area contributed by atoms with Crippen molar-refractivity contribution in [2.45, 2.75) is 13.8 Å². The summed E-state index contributed by atoms with van der Waals surface area (Å²) in [6.07, 6.45) is 0. The summed E-state index contributed by atoms with van der Waals surface area (Å²) in [4.78, 5) is 4.83. The molecule has 0 radical (unpaired) electrons. The van der Waals surface area contributed by atoms with Crippen LogP contribution in [0.3, 0.4) is 0 Å². The van der Waals surface area contributed by atoms with Gasteiger partial charge in [0.2, 0.25) is 0 Å². The highest BCUT2D eigenvalue weighted by molar-refractivity contribution is 5.20. The molecule has 18 heavy (non-hydrogen) atoms. The van der Waals surface area contributed by atoms with E-state index in [1.54, 1.807) is 0 Å². The zero-order chi connectivity index (χ0) is 13.2. The van der Waals surface area contributed by atoms with Crippen molar-refractivity contribution in [1.82, 2.24) is 9.80 Å².